The third kappa shape index (κ3) is 6.98. The minimum atomic E-state index is -0.622. The van der Waals surface area contributed by atoms with Gasteiger partial charge in [0.15, 0.2) is 0 Å². The molecule has 1 aromatic rings. The van der Waals surface area contributed by atoms with Crippen molar-refractivity contribution in [2.75, 3.05) is 6.61 Å². The Morgan fingerprint density at radius 2 is 1.68 bits per heavy atom. The lowest BCUT2D eigenvalue weighted by molar-refractivity contribution is -0.150. The summed E-state index contributed by atoms with van der Waals surface area (Å²) in [5.41, 5.74) is 0.893. The van der Waals surface area contributed by atoms with E-state index in [4.69, 9.17) is 9.47 Å². The smallest absolute Gasteiger partial charge is 0.313 e. The molecule has 0 aliphatic carbocycles. The van der Waals surface area contributed by atoms with Gasteiger partial charge in [0.25, 0.3) is 0 Å². The molecule has 102 valence electrons. The maximum Gasteiger partial charge on any atom is 0.313 e. The Hall–Kier alpha value is -2.17. The van der Waals surface area contributed by atoms with Crippen molar-refractivity contribution in [1.82, 2.24) is 0 Å². The highest BCUT2D eigenvalue weighted by atomic mass is 16.5. The molecule has 0 spiro atoms. The number of hydrogen-bond acceptors (Lipinski definition) is 5. The second-order valence-electron chi connectivity index (χ2n) is 4.00. The average molecular weight is 264 g/mol. The number of carbonyl (C=O) groups excluding carboxylic acids is 3. The van der Waals surface area contributed by atoms with E-state index < -0.39 is 11.9 Å². The summed E-state index contributed by atoms with van der Waals surface area (Å²) >= 11 is 0. The van der Waals surface area contributed by atoms with Gasteiger partial charge in [-0.2, -0.15) is 0 Å². The van der Waals surface area contributed by atoms with Gasteiger partial charge in [-0.1, -0.05) is 30.3 Å². The second-order valence-corrected chi connectivity index (χ2v) is 4.00. The van der Waals surface area contributed by atoms with Crippen LogP contribution in [0.4, 0.5) is 0 Å². The zero-order valence-electron chi connectivity index (χ0n) is 10.8. The molecule has 0 saturated carbocycles. The average Bonchev–Trinajstić information content (AvgIpc) is 2.36. The lowest BCUT2D eigenvalue weighted by Gasteiger charge is -2.05. The summed E-state index contributed by atoms with van der Waals surface area (Å²) in [7, 11) is 0. The minimum absolute atomic E-state index is 0.0174. The molecule has 19 heavy (non-hydrogen) atoms. The quantitative estimate of drug-likeness (QED) is 0.553. The lowest BCUT2D eigenvalue weighted by atomic mass is 10.2. The first-order chi connectivity index (χ1) is 9.08. The summed E-state index contributed by atoms with van der Waals surface area (Å²) in [6, 6.07) is 9.28. The van der Waals surface area contributed by atoms with Crippen molar-refractivity contribution in [2.24, 2.45) is 0 Å². The largest absolute Gasteiger partial charge is 0.465 e. The Labute approximate surface area is 111 Å². The Bertz CT molecular complexity index is 438. The fourth-order valence-electron chi connectivity index (χ4n) is 1.31. The SMILES string of the molecule is CC(=O)CC(=O)OCCC(=O)OCc1ccccc1. The fraction of sp³-hybridized carbons (Fsp3) is 0.357. The van der Waals surface area contributed by atoms with E-state index in [1.54, 1.807) is 0 Å². The van der Waals surface area contributed by atoms with E-state index in [0.717, 1.165) is 5.56 Å². The Morgan fingerprint density at radius 3 is 2.32 bits per heavy atom. The van der Waals surface area contributed by atoms with Crippen molar-refractivity contribution in [3.63, 3.8) is 0 Å². The fourth-order valence-corrected chi connectivity index (χ4v) is 1.31. The Kier molecular flexibility index (Phi) is 6.29. The monoisotopic (exact) mass is 264 g/mol. The van der Waals surface area contributed by atoms with Gasteiger partial charge in [0.05, 0.1) is 6.42 Å². The highest BCUT2D eigenvalue weighted by Crippen LogP contribution is 2.02. The number of rotatable bonds is 7. The first-order valence-corrected chi connectivity index (χ1v) is 5.92. The van der Waals surface area contributed by atoms with Gasteiger partial charge in [0, 0.05) is 0 Å². The molecule has 0 radical (unpaired) electrons. The van der Waals surface area contributed by atoms with Crippen LogP contribution >= 0.6 is 0 Å². The van der Waals surface area contributed by atoms with Gasteiger partial charge in [0.1, 0.15) is 25.4 Å². The molecule has 0 bridgehead atoms. The highest BCUT2D eigenvalue weighted by molar-refractivity contribution is 5.94. The summed E-state index contributed by atoms with van der Waals surface area (Å²) in [6.07, 6.45) is -0.282. The van der Waals surface area contributed by atoms with Crippen molar-refractivity contribution in [3.05, 3.63) is 35.9 Å². The molecule has 0 heterocycles. The number of carbonyl (C=O) groups is 3. The molecular formula is C14H16O5. The summed E-state index contributed by atoms with van der Waals surface area (Å²) in [5.74, 6) is -1.33. The first-order valence-electron chi connectivity index (χ1n) is 5.92. The number of esters is 2. The molecule has 1 rings (SSSR count). The Balaban J connectivity index is 2.15. The molecular weight excluding hydrogens is 248 g/mol. The van der Waals surface area contributed by atoms with E-state index in [2.05, 4.69) is 0 Å². The number of benzene rings is 1. The lowest BCUT2D eigenvalue weighted by Crippen LogP contribution is -2.13. The van der Waals surface area contributed by atoms with Gasteiger partial charge in [-0.25, -0.2) is 0 Å². The van der Waals surface area contributed by atoms with Gasteiger partial charge >= 0.3 is 11.9 Å². The molecule has 0 unspecified atom stereocenters. The summed E-state index contributed by atoms with van der Waals surface area (Å²) in [6.45, 7) is 1.43. The van der Waals surface area contributed by atoms with Crippen LogP contribution in [0.3, 0.4) is 0 Å². The third-order valence-electron chi connectivity index (χ3n) is 2.21. The molecule has 0 fully saturated rings. The number of Topliss-reactive ketones (excluding diaryl/α,β-unsaturated/α-hetero) is 1. The van der Waals surface area contributed by atoms with Crippen molar-refractivity contribution >= 4 is 17.7 Å². The number of hydrogen-bond donors (Lipinski definition) is 0. The molecule has 0 N–H and O–H groups in total. The zero-order valence-corrected chi connectivity index (χ0v) is 10.8. The summed E-state index contributed by atoms with van der Waals surface area (Å²) in [4.78, 5) is 33.0. The van der Waals surface area contributed by atoms with E-state index in [9.17, 15) is 14.4 Å². The van der Waals surface area contributed by atoms with Crippen LogP contribution in [0, 0.1) is 0 Å². The van der Waals surface area contributed by atoms with Gasteiger partial charge in [-0.3, -0.25) is 14.4 Å². The maximum atomic E-state index is 11.3. The normalized spacial score (nSPS) is 9.74. The molecule has 0 atom stereocenters. The predicted octanol–water partition coefficient (Wildman–Crippen LogP) is 1.64. The summed E-state index contributed by atoms with van der Waals surface area (Å²) < 4.78 is 9.71. The maximum absolute atomic E-state index is 11.3. The van der Waals surface area contributed by atoms with E-state index in [1.807, 2.05) is 30.3 Å². The van der Waals surface area contributed by atoms with Crippen LogP contribution in [-0.2, 0) is 30.5 Å². The van der Waals surface area contributed by atoms with Crippen LogP contribution in [0.5, 0.6) is 0 Å². The first kappa shape index (κ1) is 14.9. The van der Waals surface area contributed by atoms with Crippen molar-refractivity contribution in [2.45, 2.75) is 26.4 Å². The molecule has 0 aliphatic rings. The van der Waals surface area contributed by atoms with Crippen LogP contribution in [-0.4, -0.2) is 24.3 Å². The van der Waals surface area contributed by atoms with Crippen LogP contribution in [0.15, 0.2) is 30.3 Å². The van der Waals surface area contributed by atoms with E-state index in [-0.39, 0.29) is 31.8 Å². The van der Waals surface area contributed by atoms with Crippen LogP contribution < -0.4 is 0 Å². The third-order valence-corrected chi connectivity index (χ3v) is 2.21. The predicted molar refractivity (Wildman–Crippen MR) is 67.1 cm³/mol. The summed E-state index contributed by atoms with van der Waals surface area (Å²) in [5, 5.41) is 0. The van der Waals surface area contributed by atoms with Crippen molar-refractivity contribution in [1.29, 1.82) is 0 Å². The van der Waals surface area contributed by atoms with Crippen molar-refractivity contribution in [3.8, 4) is 0 Å². The number of ether oxygens (including phenoxy) is 2. The van der Waals surface area contributed by atoms with Crippen LogP contribution in [0.25, 0.3) is 0 Å². The molecule has 0 aliphatic heterocycles. The highest BCUT2D eigenvalue weighted by Gasteiger charge is 2.08. The topological polar surface area (TPSA) is 69.7 Å². The molecule has 0 amide bonds. The van der Waals surface area contributed by atoms with Crippen molar-refractivity contribution < 1.29 is 23.9 Å². The Morgan fingerprint density at radius 1 is 1.00 bits per heavy atom. The molecule has 5 heteroatoms. The standard InChI is InChI=1S/C14H16O5/c1-11(15)9-14(17)18-8-7-13(16)19-10-12-5-3-2-4-6-12/h2-6H,7-10H2,1H3. The minimum Gasteiger partial charge on any atom is -0.465 e. The van der Waals surface area contributed by atoms with Crippen LogP contribution in [0.2, 0.25) is 0 Å². The van der Waals surface area contributed by atoms with Gasteiger partial charge in [-0.15, -0.1) is 0 Å². The molecule has 0 saturated heterocycles. The van der Waals surface area contributed by atoms with Gasteiger partial charge in [-0.05, 0) is 12.5 Å². The van der Waals surface area contributed by atoms with E-state index >= 15 is 0 Å². The van der Waals surface area contributed by atoms with Gasteiger partial charge < -0.3 is 9.47 Å². The molecule has 5 nitrogen and oxygen atoms in total. The van der Waals surface area contributed by atoms with Gasteiger partial charge in [0.2, 0.25) is 0 Å². The van der Waals surface area contributed by atoms with Crippen LogP contribution in [0.1, 0.15) is 25.3 Å². The molecule has 1 aromatic carbocycles. The van der Waals surface area contributed by atoms with E-state index in [1.165, 1.54) is 6.92 Å². The second kappa shape index (κ2) is 8.02. The number of ketones is 1. The zero-order chi connectivity index (χ0) is 14.1. The molecule has 0 aromatic heterocycles. The van der Waals surface area contributed by atoms with E-state index in [0.29, 0.717) is 0 Å².